The van der Waals surface area contributed by atoms with E-state index in [0.29, 0.717) is 12.8 Å². The molecule has 66 valence electrons. The maximum atomic E-state index is 9.24. The van der Waals surface area contributed by atoms with Crippen molar-refractivity contribution in [1.29, 1.82) is 0 Å². The highest BCUT2D eigenvalue weighted by Gasteiger charge is 2.39. The van der Waals surface area contributed by atoms with E-state index in [4.69, 9.17) is 15.3 Å². The van der Waals surface area contributed by atoms with Crippen LogP contribution in [0.1, 0.15) is 12.8 Å². The molecule has 0 aromatic carbocycles. The smallest absolute Gasteiger partial charge is 0.106 e. The van der Waals surface area contributed by atoms with Crippen molar-refractivity contribution in [2.45, 2.75) is 31.2 Å². The molecule has 4 nitrogen and oxygen atoms in total. The van der Waals surface area contributed by atoms with E-state index in [9.17, 15) is 5.11 Å². The minimum atomic E-state index is -1.04. The van der Waals surface area contributed by atoms with Crippen LogP contribution in [-0.2, 0) is 0 Å². The summed E-state index contributed by atoms with van der Waals surface area (Å²) in [5.41, 5.74) is 0. The van der Waals surface area contributed by atoms with Gasteiger partial charge in [-0.25, -0.2) is 0 Å². The summed E-state index contributed by atoms with van der Waals surface area (Å²) in [6.07, 6.45) is -1.93. The first kappa shape index (κ1) is 8.93. The van der Waals surface area contributed by atoms with Crippen LogP contribution >= 0.6 is 0 Å². The minimum Gasteiger partial charge on any atom is -0.396 e. The van der Waals surface area contributed by atoms with E-state index >= 15 is 0 Å². The van der Waals surface area contributed by atoms with Crippen molar-refractivity contribution in [3.63, 3.8) is 0 Å². The van der Waals surface area contributed by atoms with Gasteiger partial charge in [0.25, 0.3) is 0 Å². The molecule has 0 spiro atoms. The Bertz CT molecular complexity index is 128. The molecule has 0 saturated heterocycles. The van der Waals surface area contributed by atoms with Crippen LogP contribution in [0.3, 0.4) is 0 Å². The van der Waals surface area contributed by atoms with Gasteiger partial charge >= 0.3 is 0 Å². The maximum absolute atomic E-state index is 9.24. The Morgan fingerprint density at radius 3 is 2.09 bits per heavy atom. The van der Waals surface area contributed by atoms with Gasteiger partial charge in [-0.05, 0) is 18.8 Å². The van der Waals surface area contributed by atoms with E-state index in [1.165, 1.54) is 0 Å². The van der Waals surface area contributed by atoms with E-state index in [1.807, 2.05) is 0 Å². The maximum Gasteiger partial charge on any atom is 0.106 e. The molecule has 1 saturated carbocycles. The number of aliphatic hydroxyl groups excluding tert-OH is 4. The molecule has 0 aromatic heterocycles. The average Bonchev–Trinajstić information content (AvgIpc) is 2.19. The van der Waals surface area contributed by atoms with Gasteiger partial charge in [0, 0.05) is 6.61 Å². The highest BCUT2D eigenvalue weighted by atomic mass is 16.4. The molecule has 1 aliphatic carbocycles. The summed E-state index contributed by atoms with van der Waals surface area (Å²) in [6.45, 7) is -0.0127. The van der Waals surface area contributed by atoms with Gasteiger partial charge in [0.15, 0.2) is 0 Å². The van der Waals surface area contributed by atoms with Crippen LogP contribution < -0.4 is 0 Å². The van der Waals surface area contributed by atoms with Crippen LogP contribution in [-0.4, -0.2) is 45.3 Å². The fraction of sp³-hybridized carbons (Fsp3) is 1.00. The molecule has 1 aliphatic rings. The first-order valence-electron chi connectivity index (χ1n) is 3.82. The van der Waals surface area contributed by atoms with E-state index in [2.05, 4.69) is 0 Å². The Kier molecular flexibility index (Phi) is 2.84. The normalized spacial score (nSPS) is 44.7. The van der Waals surface area contributed by atoms with Gasteiger partial charge in [0.05, 0.1) is 12.2 Å². The lowest BCUT2D eigenvalue weighted by molar-refractivity contribution is -0.0274. The zero-order valence-corrected chi connectivity index (χ0v) is 6.22. The fourth-order valence-electron chi connectivity index (χ4n) is 1.55. The summed E-state index contributed by atoms with van der Waals surface area (Å²) < 4.78 is 0. The van der Waals surface area contributed by atoms with Crippen LogP contribution in [0.15, 0.2) is 0 Å². The van der Waals surface area contributed by atoms with Crippen molar-refractivity contribution in [3.8, 4) is 0 Å². The molecule has 0 bridgehead atoms. The molecule has 0 aromatic rings. The van der Waals surface area contributed by atoms with Crippen molar-refractivity contribution in [2.75, 3.05) is 6.61 Å². The molecule has 0 heterocycles. The van der Waals surface area contributed by atoms with Gasteiger partial charge in [-0.3, -0.25) is 0 Å². The predicted molar refractivity (Wildman–Crippen MR) is 37.8 cm³/mol. The number of hydrogen-bond donors (Lipinski definition) is 4. The molecule has 4 atom stereocenters. The van der Waals surface area contributed by atoms with Gasteiger partial charge in [-0.15, -0.1) is 0 Å². The average molecular weight is 162 g/mol. The Labute approximate surface area is 65.1 Å². The third kappa shape index (κ3) is 1.70. The van der Waals surface area contributed by atoms with Crippen LogP contribution in [0.5, 0.6) is 0 Å². The van der Waals surface area contributed by atoms with Gasteiger partial charge < -0.3 is 20.4 Å². The van der Waals surface area contributed by atoms with Crippen molar-refractivity contribution in [3.05, 3.63) is 0 Å². The minimum absolute atomic E-state index is 0.0127. The van der Waals surface area contributed by atoms with Crippen LogP contribution in [0.25, 0.3) is 0 Å². The molecule has 0 radical (unpaired) electrons. The van der Waals surface area contributed by atoms with E-state index in [0.717, 1.165) is 0 Å². The van der Waals surface area contributed by atoms with Crippen molar-refractivity contribution in [2.24, 2.45) is 5.92 Å². The lowest BCUT2D eigenvalue weighted by atomic mass is 10.0. The van der Waals surface area contributed by atoms with Crippen LogP contribution in [0.2, 0.25) is 0 Å². The van der Waals surface area contributed by atoms with E-state index in [1.54, 1.807) is 0 Å². The molecule has 0 unspecified atom stereocenters. The number of rotatable bonds is 2. The highest BCUT2D eigenvalue weighted by Crippen LogP contribution is 2.28. The number of aliphatic hydroxyl groups is 4. The van der Waals surface area contributed by atoms with Gasteiger partial charge in [0.1, 0.15) is 6.10 Å². The molecule has 1 fully saturated rings. The van der Waals surface area contributed by atoms with Gasteiger partial charge in [-0.2, -0.15) is 0 Å². The second-order valence-corrected chi connectivity index (χ2v) is 3.06. The topological polar surface area (TPSA) is 80.9 Å². The van der Waals surface area contributed by atoms with E-state index in [-0.39, 0.29) is 12.5 Å². The zero-order valence-electron chi connectivity index (χ0n) is 6.22. The Balaban J connectivity index is 2.45. The summed E-state index contributed by atoms with van der Waals surface area (Å²) in [5.74, 6) is -0.162. The molecular weight excluding hydrogens is 148 g/mol. The third-order valence-corrected chi connectivity index (χ3v) is 2.27. The zero-order chi connectivity index (χ0) is 8.43. The molecular formula is C7H14O4. The quantitative estimate of drug-likeness (QED) is 0.397. The van der Waals surface area contributed by atoms with Gasteiger partial charge in [-0.1, -0.05) is 0 Å². The molecule has 0 amide bonds. The lowest BCUT2D eigenvalue weighted by Gasteiger charge is -2.14. The first-order chi connectivity index (χ1) is 5.16. The number of hydrogen-bond acceptors (Lipinski definition) is 4. The fourth-order valence-corrected chi connectivity index (χ4v) is 1.55. The highest BCUT2D eigenvalue weighted by molar-refractivity contribution is 4.90. The second kappa shape index (κ2) is 3.49. The SMILES string of the molecule is OCC[C@@H]1C[C@H](O)[C@H](O)[C@H]1O. The molecule has 11 heavy (non-hydrogen) atoms. The summed E-state index contributed by atoms with van der Waals surface area (Å²) in [6, 6.07) is 0. The summed E-state index contributed by atoms with van der Waals surface area (Å²) in [4.78, 5) is 0. The first-order valence-corrected chi connectivity index (χ1v) is 3.82. The third-order valence-electron chi connectivity index (χ3n) is 2.27. The van der Waals surface area contributed by atoms with Crippen LogP contribution in [0.4, 0.5) is 0 Å². The lowest BCUT2D eigenvalue weighted by Crippen LogP contribution is -2.30. The predicted octanol–water partition coefficient (Wildman–Crippen LogP) is -1.53. The molecule has 0 aliphatic heterocycles. The Morgan fingerprint density at radius 2 is 1.73 bits per heavy atom. The Morgan fingerprint density at radius 1 is 1.09 bits per heavy atom. The Hall–Kier alpha value is -0.160. The van der Waals surface area contributed by atoms with Crippen LogP contribution in [0, 0.1) is 5.92 Å². The van der Waals surface area contributed by atoms with Gasteiger partial charge in [0.2, 0.25) is 0 Å². The molecule has 4 heteroatoms. The van der Waals surface area contributed by atoms with Crippen molar-refractivity contribution in [1.82, 2.24) is 0 Å². The summed E-state index contributed by atoms with van der Waals surface area (Å²) >= 11 is 0. The van der Waals surface area contributed by atoms with Crippen molar-refractivity contribution < 1.29 is 20.4 Å². The standard InChI is InChI=1S/C7H14O4/c8-2-1-4-3-5(9)7(11)6(4)10/h4-11H,1-3H2/t4-,5+,6+,7+/m1/s1. The summed E-state index contributed by atoms with van der Waals surface area (Å²) in [5, 5.41) is 35.9. The van der Waals surface area contributed by atoms with Crippen molar-refractivity contribution >= 4 is 0 Å². The summed E-state index contributed by atoms with van der Waals surface area (Å²) in [7, 11) is 0. The molecule has 1 rings (SSSR count). The monoisotopic (exact) mass is 162 g/mol. The second-order valence-electron chi connectivity index (χ2n) is 3.06. The van der Waals surface area contributed by atoms with E-state index < -0.39 is 18.3 Å². The molecule has 4 N–H and O–H groups in total. The largest absolute Gasteiger partial charge is 0.396 e.